The first-order chi connectivity index (χ1) is 8.62. The van der Waals surface area contributed by atoms with Crippen molar-refractivity contribution in [3.05, 3.63) is 35.9 Å². The molecule has 1 rings (SSSR count). The predicted octanol–water partition coefficient (Wildman–Crippen LogP) is 3.53. The van der Waals surface area contributed by atoms with Gasteiger partial charge in [-0.3, -0.25) is 0 Å². The van der Waals surface area contributed by atoms with Crippen molar-refractivity contribution in [1.29, 1.82) is 0 Å². The molecule has 0 heterocycles. The normalized spacial score (nSPS) is 15.6. The Kier molecular flexibility index (Phi) is 4.62. The van der Waals surface area contributed by atoms with Crippen LogP contribution in [0.15, 0.2) is 30.3 Å². The van der Waals surface area contributed by atoms with E-state index in [1.54, 1.807) is 0 Å². The van der Waals surface area contributed by atoms with Gasteiger partial charge in [-0.05, 0) is 23.7 Å². The third kappa shape index (κ3) is 3.70. The Morgan fingerprint density at radius 2 is 1.74 bits per heavy atom. The van der Waals surface area contributed by atoms with Crippen LogP contribution in [0.4, 0.5) is 0 Å². The molecule has 0 aliphatic carbocycles. The maximum atomic E-state index is 10.6. The highest BCUT2D eigenvalue weighted by atomic mass is 28.4. The number of hydrogen-bond donors (Lipinski definition) is 1. The minimum absolute atomic E-state index is 0.0964. The van der Waals surface area contributed by atoms with E-state index in [9.17, 15) is 5.11 Å². The second kappa shape index (κ2) is 5.50. The van der Waals surface area contributed by atoms with Crippen LogP contribution in [-0.4, -0.2) is 20.0 Å². The molecule has 0 amide bonds. The third-order valence-electron chi connectivity index (χ3n) is 3.94. The lowest BCUT2D eigenvalue weighted by atomic mass is 9.96. The zero-order valence-corrected chi connectivity index (χ0v) is 13.5. The van der Waals surface area contributed by atoms with E-state index in [-0.39, 0.29) is 11.6 Å². The van der Waals surface area contributed by atoms with Crippen LogP contribution >= 0.6 is 0 Å². The molecule has 1 N–H and O–H groups in total. The van der Waals surface area contributed by atoms with E-state index < -0.39 is 13.9 Å². The van der Waals surface area contributed by atoms with Crippen molar-refractivity contribution in [2.24, 2.45) is 0 Å². The Bertz CT molecular complexity index is 454. The molecule has 0 radical (unpaired) electrons. The molecular weight excluding hydrogens is 252 g/mol. The number of terminal acetylenes is 1. The fraction of sp³-hybridized carbons (Fsp3) is 0.500. The molecule has 0 aliphatic rings. The minimum Gasteiger partial charge on any atom is -0.412 e. The molecule has 1 aromatic rings. The monoisotopic (exact) mass is 276 g/mol. The lowest BCUT2D eigenvalue weighted by Crippen LogP contribution is -2.45. The summed E-state index contributed by atoms with van der Waals surface area (Å²) in [7, 11) is -1.92. The predicted molar refractivity (Wildman–Crippen MR) is 82.3 cm³/mol. The summed E-state index contributed by atoms with van der Waals surface area (Å²) in [6.07, 6.45) is 5.51. The molecule has 3 heteroatoms. The van der Waals surface area contributed by atoms with Gasteiger partial charge < -0.3 is 9.53 Å². The Labute approximate surface area is 117 Å². The maximum Gasteiger partial charge on any atom is 0.192 e. The highest BCUT2D eigenvalue weighted by Crippen LogP contribution is 2.37. The van der Waals surface area contributed by atoms with Crippen LogP contribution in [-0.2, 0) is 10.0 Å². The lowest BCUT2D eigenvalue weighted by molar-refractivity contribution is 0.0380. The van der Waals surface area contributed by atoms with Gasteiger partial charge in [0.25, 0.3) is 0 Å². The van der Waals surface area contributed by atoms with E-state index in [0.717, 1.165) is 0 Å². The summed E-state index contributed by atoms with van der Waals surface area (Å²) in [6, 6.07) is 9.28. The van der Waals surface area contributed by atoms with Crippen LogP contribution in [0.25, 0.3) is 0 Å². The SMILES string of the molecule is C#CC(O)(CO[Si](C)(C)C(C)(C)C)c1ccccc1. The molecule has 0 spiro atoms. The molecular formula is C16H24O2Si. The first kappa shape index (κ1) is 16.0. The van der Waals surface area contributed by atoms with Gasteiger partial charge in [0.2, 0.25) is 0 Å². The molecule has 0 fully saturated rings. The second-order valence-electron chi connectivity index (χ2n) is 6.42. The van der Waals surface area contributed by atoms with Crippen molar-refractivity contribution in [2.45, 2.75) is 44.5 Å². The largest absolute Gasteiger partial charge is 0.412 e. The van der Waals surface area contributed by atoms with E-state index in [1.165, 1.54) is 0 Å². The van der Waals surface area contributed by atoms with Gasteiger partial charge in [0.05, 0.1) is 6.61 Å². The van der Waals surface area contributed by atoms with E-state index in [2.05, 4.69) is 39.8 Å². The average Bonchev–Trinajstić information content (AvgIpc) is 2.36. The molecule has 0 saturated heterocycles. The van der Waals surface area contributed by atoms with Crippen molar-refractivity contribution in [3.63, 3.8) is 0 Å². The topological polar surface area (TPSA) is 29.5 Å². The molecule has 104 valence electrons. The van der Waals surface area contributed by atoms with Gasteiger partial charge in [-0.1, -0.05) is 57.0 Å². The molecule has 1 aromatic carbocycles. The number of benzene rings is 1. The maximum absolute atomic E-state index is 10.6. The fourth-order valence-electron chi connectivity index (χ4n) is 1.42. The van der Waals surface area contributed by atoms with Crippen LogP contribution in [0, 0.1) is 12.3 Å². The summed E-state index contributed by atoms with van der Waals surface area (Å²) >= 11 is 0. The number of hydrogen-bond acceptors (Lipinski definition) is 2. The zero-order valence-electron chi connectivity index (χ0n) is 12.5. The average molecular weight is 276 g/mol. The van der Waals surface area contributed by atoms with E-state index in [1.807, 2.05) is 30.3 Å². The van der Waals surface area contributed by atoms with Crippen molar-refractivity contribution < 1.29 is 9.53 Å². The fourth-order valence-corrected chi connectivity index (χ4v) is 2.43. The van der Waals surface area contributed by atoms with Gasteiger partial charge in [-0.25, -0.2) is 0 Å². The van der Waals surface area contributed by atoms with E-state index in [0.29, 0.717) is 5.56 Å². The zero-order chi connectivity index (χ0) is 14.7. The summed E-state index contributed by atoms with van der Waals surface area (Å²) < 4.78 is 6.05. The third-order valence-corrected chi connectivity index (χ3v) is 8.42. The molecule has 0 saturated carbocycles. The van der Waals surface area contributed by atoms with Crippen LogP contribution in [0.3, 0.4) is 0 Å². The second-order valence-corrected chi connectivity index (χ2v) is 11.2. The smallest absolute Gasteiger partial charge is 0.192 e. The van der Waals surface area contributed by atoms with Crippen LogP contribution in [0.5, 0.6) is 0 Å². The first-order valence-corrected chi connectivity index (χ1v) is 9.43. The number of aliphatic hydroxyl groups is 1. The Hall–Kier alpha value is -1.08. The quantitative estimate of drug-likeness (QED) is 0.673. The molecule has 0 aliphatic heterocycles. The highest BCUT2D eigenvalue weighted by molar-refractivity contribution is 6.74. The summed E-state index contributed by atoms with van der Waals surface area (Å²) in [5, 5.41) is 10.7. The van der Waals surface area contributed by atoms with Gasteiger partial charge in [-0.2, -0.15) is 0 Å². The van der Waals surface area contributed by atoms with Crippen LogP contribution in [0.1, 0.15) is 26.3 Å². The Morgan fingerprint density at radius 3 is 2.16 bits per heavy atom. The molecule has 1 atom stereocenters. The van der Waals surface area contributed by atoms with Gasteiger partial charge in [0.15, 0.2) is 13.9 Å². The summed E-state index contributed by atoms with van der Waals surface area (Å²) in [6.45, 7) is 10.9. The summed E-state index contributed by atoms with van der Waals surface area (Å²) in [4.78, 5) is 0. The van der Waals surface area contributed by atoms with Crippen molar-refractivity contribution in [3.8, 4) is 12.3 Å². The highest BCUT2D eigenvalue weighted by Gasteiger charge is 2.39. The lowest BCUT2D eigenvalue weighted by Gasteiger charge is -2.38. The van der Waals surface area contributed by atoms with Crippen LogP contribution in [0.2, 0.25) is 18.1 Å². The molecule has 2 nitrogen and oxygen atoms in total. The molecule has 0 bridgehead atoms. The van der Waals surface area contributed by atoms with E-state index in [4.69, 9.17) is 10.8 Å². The number of rotatable bonds is 4. The van der Waals surface area contributed by atoms with Crippen LogP contribution < -0.4 is 0 Å². The van der Waals surface area contributed by atoms with Crippen molar-refractivity contribution in [2.75, 3.05) is 6.61 Å². The van der Waals surface area contributed by atoms with Crippen molar-refractivity contribution >= 4 is 8.32 Å². The summed E-state index contributed by atoms with van der Waals surface area (Å²) in [5.74, 6) is 2.47. The first-order valence-electron chi connectivity index (χ1n) is 6.52. The van der Waals surface area contributed by atoms with Gasteiger partial charge in [-0.15, -0.1) is 6.42 Å². The van der Waals surface area contributed by atoms with Gasteiger partial charge in [0, 0.05) is 0 Å². The van der Waals surface area contributed by atoms with Gasteiger partial charge >= 0.3 is 0 Å². The Morgan fingerprint density at radius 1 is 1.21 bits per heavy atom. The van der Waals surface area contributed by atoms with E-state index >= 15 is 0 Å². The molecule has 1 unspecified atom stereocenters. The molecule has 0 aromatic heterocycles. The standard InChI is InChI=1S/C16H24O2Si/c1-7-16(17,14-11-9-8-10-12-14)13-18-19(5,6)15(2,3)4/h1,8-12,17H,13H2,2-6H3. The minimum atomic E-state index is -1.92. The molecule has 19 heavy (non-hydrogen) atoms. The summed E-state index contributed by atoms with van der Waals surface area (Å²) in [5.41, 5.74) is -0.646. The Balaban J connectivity index is 2.88. The van der Waals surface area contributed by atoms with Crippen molar-refractivity contribution in [1.82, 2.24) is 0 Å². The van der Waals surface area contributed by atoms with Gasteiger partial charge in [0.1, 0.15) is 0 Å².